The molecule has 5 heteroatoms. The number of nitrogens with one attached hydrogen (secondary N) is 1. The lowest BCUT2D eigenvalue weighted by Gasteiger charge is -2.33. The molecular weight excluding hydrogens is 280 g/mol. The molecule has 124 valence electrons. The number of methoxy groups -OCH3 is 1. The molecule has 22 heavy (non-hydrogen) atoms. The van der Waals surface area contributed by atoms with Gasteiger partial charge in [-0.05, 0) is 40.7 Å². The Hall–Kier alpha value is -1.75. The minimum Gasteiger partial charge on any atom is -0.496 e. The largest absolute Gasteiger partial charge is 0.496 e. The van der Waals surface area contributed by atoms with Crippen LogP contribution < -0.4 is 10.1 Å². The fourth-order valence-electron chi connectivity index (χ4n) is 2.28. The zero-order valence-corrected chi connectivity index (χ0v) is 14.4. The monoisotopic (exact) mass is 308 g/mol. The van der Waals surface area contributed by atoms with Gasteiger partial charge in [0.1, 0.15) is 5.75 Å². The molecule has 0 saturated carbocycles. The average Bonchev–Trinajstić information content (AvgIpc) is 2.43. The Labute approximate surface area is 133 Å². The van der Waals surface area contributed by atoms with E-state index < -0.39 is 5.60 Å². The lowest BCUT2D eigenvalue weighted by molar-refractivity contribution is 0.0383. The Morgan fingerprint density at radius 1 is 1.32 bits per heavy atom. The molecular formula is C17H28N2O3. The molecule has 0 fully saturated rings. The van der Waals surface area contributed by atoms with E-state index in [0.29, 0.717) is 0 Å². The number of benzene rings is 1. The summed E-state index contributed by atoms with van der Waals surface area (Å²) in [6.45, 7) is 9.43. The fourth-order valence-corrected chi connectivity index (χ4v) is 2.28. The van der Waals surface area contributed by atoms with Gasteiger partial charge in [0, 0.05) is 11.6 Å². The van der Waals surface area contributed by atoms with Crippen LogP contribution in [0.4, 0.5) is 4.79 Å². The highest BCUT2D eigenvalue weighted by molar-refractivity contribution is 5.75. The second-order valence-electron chi connectivity index (χ2n) is 6.45. The molecule has 0 aliphatic rings. The van der Waals surface area contributed by atoms with Crippen molar-refractivity contribution in [2.24, 2.45) is 0 Å². The van der Waals surface area contributed by atoms with Crippen LogP contribution in [-0.2, 0) is 0 Å². The van der Waals surface area contributed by atoms with Gasteiger partial charge in [-0.1, -0.05) is 18.2 Å². The molecule has 1 aromatic rings. The summed E-state index contributed by atoms with van der Waals surface area (Å²) < 4.78 is 5.33. The van der Waals surface area contributed by atoms with Crippen molar-refractivity contribution >= 4 is 6.03 Å². The van der Waals surface area contributed by atoms with Crippen LogP contribution in [0.3, 0.4) is 0 Å². The van der Waals surface area contributed by atoms with Crippen molar-refractivity contribution in [2.75, 3.05) is 13.7 Å². The number of ether oxygens (including phenoxy) is 1. The van der Waals surface area contributed by atoms with E-state index in [1.165, 1.54) is 0 Å². The number of hydrogen-bond donors (Lipinski definition) is 2. The Kier molecular flexibility index (Phi) is 6.23. The van der Waals surface area contributed by atoms with Crippen molar-refractivity contribution in [2.45, 2.75) is 52.3 Å². The summed E-state index contributed by atoms with van der Waals surface area (Å²) >= 11 is 0. The summed E-state index contributed by atoms with van der Waals surface area (Å²) in [7, 11) is 1.61. The third-order valence-corrected chi connectivity index (χ3v) is 3.39. The van der Waals surface area contributed by atoms with Gasteiger partial charge in [0.15, 0.2) is 0 Å². The number of urea groups is 1. The molecule has 0 unspecified atom stereocenters. The number of carbonyl (C=O) groups excluding carboxylic acids is 1. The van der Waals surface area contributed by atoms with Crippen molar-refractivity contribution in [1.29, 1.82) is 0 Å². The van der Waals surface area contributed by atoms with Crippen LogP contribution in [-0.4, -0.2) is 41.3 Å². The van der Waals surface area contributed by atoms with Gasteiger partial charge in [-0.3, -0.25) is 0 Å². The summed E-state index contributed by atoms with van der Waals surface area (Å²) in [6.07, 6.45) is 0. The highest BCUT2D eigenvalue weighted by atomic mass is 16.5. The van der Waals surface area contributed by atoms with Gasteiger partial charge < -0.3 is 20.1 Å². The topological polar surface area (TPSA) is 61.8 Å². The first-order valence-corrected chi connectivity index (χ1v) is 7.58. The van der Waals surface area contributed by atoms with Gasteiger partial charge in [0.2, 0.25) is 0 Å². The summed E-state index contributed by atoms with van der Waals surface area (Å²) in [4.78, 5) is 14.1. The van der Waals surface area contributed by atoms with Crippen molar-refractivity contribution < 1.29 is 14.6 Å². The summed E-state index contributed by atoms with van der Waals surface area (Å²) in [5, 5.41) is 12.9. The van der Waals surface area contributed by atoms with E-state index in [1.807, 2.05) is 45.0 Å². The molecule has 1 atom stereocenters. The first kappa shape index (κ1) is 18.3. The second kappa shape index (κ2) is 7.49. The predicted molar refractivity (Wildman–Crippen MR) is 88.1 cm³/mol. The number of para-hydroxylation sites is 1. The van der Waals surface area contributed by atoms with Gasteiger partial charge in [-0.25, -0.2) is 4.79 Å². The Bertz CT molecular complexity index is 495. The third kappa shape index (κ3) is 5.22. The highest BCUT2D eigenvalue weighted by Gasteiger charge is 2.26. The minimum absolute atomic E-state index is 0.00343. The van der Waals surface area contributed by atoms with Crippen LogP contribution in [0.25, 0.3) is 0 Å². The Morgan fingerprint density at radius 2 is 1.91 bits per heavy atom. The number of rotatable bonds is 6. The quantitative estimate of drug-likeness (QED) is 0.849. The first-order valence-electron chi connectivity index (χ1n) is 7.58. The normalized spacial score (nSPS) is 12.9. The van der Waals surface area contributed by atoms with Crippen LogP contribution in [0.15, 0.2) is 24.3 Å². The van der Waals surface area contributed by atoms with Gasteiger partial charge >= 0.3 is 6.03 Å². The number of aliphatic hydroxyl groups is 1. The SMILES string of the molecule is COc1ccccc1[C@@H](C)NC(=O)N(CC(C)(C)O)C(C)C. The van der Waals surface area contributed by atoms with E-state index in [1.54, 1.807) is 25.9 Å². The van der Waals surface area contributed by atoms with Crippen molar-refractivity contribution in [3.8, 4) is 5.75 Å². The summed E-state index contributed by atoms with van der Waals surface area (Å²) in [5.74, 6) is 0.744. The van der Waals surface area contributed by atoms with Crippen molar-refractivity contribution in [1.82, 2.24) is 10.2 Å². The second-order valence-corrected chi connectivity index (χ2v) is 6.45. The molecule has 5 nitrogen and oxygen atoms in total. The van der Waals surface area contributed by atoms with Crippen LogP contribution in [0.1, 0.15) is 46.2 Å². The average molecular weight is 308 g/mol. The minimum atomic E-state index is -0.935. The molecule has 2 N–H and O–H groups in total. The van der Waals surface area contributed by atoms with E-state index in [2.05, 4.69) is 5.32 Å². The lowest BCUT2D eigenvalue weighted by atomic mass is 10.1. The van der Waals surface area contributed by atoms with Gasteiger partial charge in [0.05, 0.1) is 25.3 Å². The maximum Gasteiger partial charge on any atom is 0.318 e. The molecule has 0 aliphatic carbocycles. The third-order valence-electron chi connectivity index (χ3n) is 3.39. The lowest BCUT2D eigenvalue weighted by Crippen LogP contribution is -2.50. The number of amides is 2. The van der Waals surface area contributed by atoms with E-state index in [9.17, 15) is 9.90 Å². The molecule has 0 radical (unpaired) electrons. The molecule has 0 bridgehead atoms. The fraction of sp³-hybridized carbons (Fsp3) is 0.588. The smallest absolute Gasteiger partial charge is 0.318 e. The molecule has 1 aromatic carbocycles. The van der Waals surface area contributed by atoms with Gasteiger partial charge in [-0.15, -0.1) is 0 Å². The number of carbonyl (C=O) groups is 1. The number of nitrogens with zero attached hydrogens (tertiary/aromatic N) is 1. The van der Waals surface area contributed by atoms with Crippen LogP contribution in [0.2, 0.25) is 0 Å². The first-order chi connectivity index (χ1) is 10.2. The van der Waals surface area contributed by atoms with Crippen molar-refractivity contribution in [3.63, 3.8) is 0 Å². The van der Waals surface area contributed by atoms with Gasteiger partial charge in [0.25, 0.3) is 0 Å². The van der Waals surface area contributed by atoms with E-state index in [4.69, 9.17) is 4.74 Å². The molecule has 2 amide bonds. The maximum atomic E-state index is 12.5. The molecule has 0 saturated heterocycles. The molecule has 0 heterocycles. The predicted octanol–water partition coefficient (Wildman–Crippen LogP) is 2.95. The van der Waals surface area contributed by atoms with Crippen molar-refractivity contribution in [3.05, 3.63) is 29.8 Å². The standard InChI is InChI=1S/C17H28N2O3/c1-12(2)19(11-17(4,5)21)16(20)18-13(3)14-9-7-8-10-15(14)22-6/h7-10,12-13,21H,11H2,1-6H3,(H,18,20)/t13-/m1/s1. The highest BCUT2D eigenvalue weighted by Crippen LogP contribution is 2.24. The van der Waals surface area contributed by atoms with Crippen LogP contribution in [0.5, 0.6) is 5.75 Å². The summed E-state index contributed by atoms with van der Waals surface area (Å²) in [6, 6.07) is 7.22. The van der Waals surface area contributed by atoms with Crippen LogP contribution >= 0.6 is 0 Å². The maximum absolute atomic E-state index is 12.5. The Balaban J connectivity index is 2.84. The zero-order chi connectivity index (χ0) is 16.9. The van der Waals surface area contributed by atoms with Crippen LogP contribution in [0, 0.1) is 0 Å². The molecule has 0 aliphatic heterocycles. The molecule has 0 spiro atoms. The zero-order valence-electron chi connectivity index (χ0n) is 14.4. The van der Waals surface area contributed by atoms with Gasteiger partial charge in [-0.2, -0.15) is 0 Å². The van der Waals surface area contributed by atoms with E-state index >= 15 is 0 Å². The molecule has 0 aromatic heterocycles. The van der Waals surface area contributed by atoms with E-state index in [-0.39, 0.29) is 24.7 Å². The van der Waals surface area contributed by atoms with E-state index in [0.717, 1.165) is 11.3 Å². The summed E-state index contributed by atoms with van der Waals surface area (Å²) in [5.41, 5.74) is -0.0136. The Morgan fingerprint density at radius 3 is 2.41 bits per heavy atom. The number of hydrogen-bond acceptors (Lipinski definition) is 3. The molecule has 1 rings (SSSR count).